The van der Waals surface area contributed by atoms with Crippen molar-refractivity contribution in [3.8, 4) is 23.1 Å². The topological polar surface area (TPSA) is 91.1 Å². The highest BCUT2D eigenvalue weighted by Gasteiger charge is 2.12. The molecule has 0 spiro atoms. The summed E-state index contributed by atoms with van der Waals surface area (Å²) in [5.41, 5.74) is 2.84. The molecule has 3 aromatic rings. The van der Waals surface area contributed by atoms with Crippen LogP contribution in [-0.4, -0.2) is 35.8 Å². The van der Waals surface area contributed by atoms with E-state index in [9.17, 15) is 4.79 Å². The molecule has 2 aromatic carbocycles. The predicted octanol–water partition coefficient (Wildman–Crippen LogP) is 4.41. The van der Waals surface area contributed by atoms with Crippen LogP contribution in [-0.2, 0) is 4.79 Å². The fourth-order valence-electron chi connectivity index (χ4n) is 3.68. The normalized spacial score (nSPS) is 13.7. The van der Waals surface area contributed by atoms with Crippen molar-refractivity contribution in [1.29, 1.82) is 5.26 Å². The SMILES string of the molecule is N#Cc1ccc(OCC(=O)Nc2cccc(-c3ccc(N4CCCCCC4)nn3)c2)cc1. The number of carbonyl (C=O) groups excluding carboxylic acids is 1. The zero-order valence-electron chi connectivity index (χ0n) is 17.8. The van der Waals surface area contributed by atoms with Gasteiger partial charge in [-0.1, -0.05) is 25.0 Å². The number of ether oxygens (including phenoxy) is 1. The molecule has 0 bridgehead atoms. The van der Waals surface area contributed by atoms with Crippen LogP contribution < -0.4 is 15.0 Å². The molecule has 1 fully saturated rings. The van der Waals surface area contributed by atoms with Crippen LogP contribution in [0.1, 0.15) is 31.2 Å². The van der Waals surface area contributed by atoms with E-state index in [1.807, 2.05) is 42.5 Å². The Bertz CT molecular complexity index is 1080. The Hall–Kier alpha value is -3.92. The minimum absolute atomic E-state index is 0.125. The maximum Gasteiger partial charge on any atom is 0.262 e. The molecular weight excluding hydrogens is 402 g/mol. The van der Waals surface area contributed by atoms with E-state index >= 15 is 0 Å². The van der Waals surface area contributed by atoms with Gasteiger partial charge in [-0.2, -0.15) is 5.26 Å². The number of benzene rings is 2. The van der Waals surface area contributed by atoms with Gasteiger partial charge in [0, 0.05) is 24.3 Å². The van der Waals surface area contributed by atoms with Crippen molar-refractivity contribution < 1.29 is 9.53 Å². The van der Waals surface area contributed by atoms with Crippen LogP contribution >= 0.6 is 0 Å². The van der Waals surface area contributed by atoms with Crippen LogP contribution in [0.5, 0.6) is 5.75 Å². The predicted molar refractivity (Wildman–Crippen MR) is 123 cm³/mol. The maximum absolute atomic E-state index is 12.3. The second-order valence-electron chi connectivity index (χ2n) is 7.73. The third-order valence-electron chi connectivity index (χ3n) is 5.38. The van der Waals surface area contributed by atoms with Gasteiger partial charge >= 0.3 is 0 Å². The van der Waals surface area contributed by atoms with Gasteiger partial charge in [-0.25, -0.2) is 0 Å². The molecule has 4 rings (SSSR count). The quantitative estimate of drug-likeness (QED) is 0.626. The van der Waals surface area contributed by atoms with Crippen LogP contribution in [0.4, 0.5) is 11.5 Å². The van der Waals surface area contributed by atoms with Crippen molar-refractivity contribution in [3.63, 3.8) is 0 Å². The van der Waals surface area contributed by atoms with Crippen molar-refractivity contribution in [1.82, 2.24) is 10.2 Å². The van der Waals surface area contributed by atoms with Gasteiger partial charge in [-0.15, -0.1) is 10.2 Å². The maximum atomic E-state index is 12.3. The van der Waals surface area contributed by atoms with Crippen LogP contribution in [0.2, 0.25) is 0 Å². The monoisotopic (exact) mass is 427 g/mol. The number of carbonyl (C=O) groups is 1. The summed E-state index contributed by atoms with van der Waals surface area (Å²) in [4.78, 5) is 14.6. The number of nitriles is 1. The molecule has 0 saturated carbocycles. The van der Waals surface area contributed by atoms with E-state index < -0.39 is 0 Å². The van der Waals surface area contributed by atoms with Gasteiger partial charge in [0.15, 0.2) is 12.4 Å². The third kappa shape index (κ3) is 5.61. The van der Waals surface area contributed by atoms with Crippen LogP contribution in [0.3, 0.4) is 0 Å². The highest BCUT2D eigenvalue weighted by Crippen LogP contribution is 2.23. The third-order valence-corrected chi connectivity index (χ3v) is 5.38. The van der Waals surface area contributed by atoms with Gasteiger partial charge in [0.25, 0.3) is 5.91 Å². The van der Waals surface area contributed by atoms with E-state index in [1.165, 1.54) is 25.7 Å². The minimum Gasteiger partial charge on any atom is -0.484 e. The number of nitrogens with one attached hydrogen (secondary N) is 1. The molecule has 1 aliphatic heterocycles. The van der Waals surface area contributed by atoms with Crippen molar-refractivity contribution in [2.75, 3.05) is 29.9 Å². The molecule has 7 heteroatoms. The van der Waals surface area contributed by atoms with E-state index in [-0.39, 0.29) is 12.5 Å². The van der Waals surface area contributed by atoms with E-state index in [0.29, 0.717) is 17.0 Å². The molecule has 1 N–H and O–H groups in total. The van der Waals surface area contributed by atoms with Crippen molar-refractivity contribution in [2.24, 2.45) is 0 Å². The lowest BCUT2D eigenvalue weighted by atomic mass is 10.1. The zero-order chi connectivity index (χ0) is 22.2. The average molecular weight is 428 g/mol. The fourth-order valence-corrected chi connectivity index (χ4v) is 3.68. The van der Waals surface area contributed by atoms with Crippen molar-refractivity contribution >= 4 is 17.4 Å². The molecule has 0 radical (unpaired) electrons. The van der Waals surface area contributed by atoms with Crippen molar-refractivity contribution in [2.45, 2.75) is 25.7 Å². The molecule has 32 heavy (non-hydrogen) atoms. The molecule has 1 aromatic heterocycles. The Balaban J connectivity index is 1.36. The summed E-state index contributed by atoms with van der Waals surface area (Å²) in [6, 6.07) is 20.2. The number of hydrogen-bond acceptors (Lipinski definition) is 6. The lowest BCUT2D eigenvalue weighted by Gasteiger charge is -2.20. The van der Waals surface area contributed by atoms with Gasteiger partial charge in [-0.05, 0) is 61.4 Å². The lowest BCUT2D eigenvalue weighted by molar-refractivity contribution is -0.118. The zero-order valence-corrected chi connectivity index (χ0v) is 17.8. The molecule has 1 saturated heterocycles. The largest absolute Gasteiger partial charge is 0.484 e. The minimum atomic E-state index is -0.269. The van der Waals surface area contributed by atoms with Crippen molar-refractivity contribution in [3.05, 3.63) is 66.2 Å². The number of nitrogens with zero attached hydrogens (tertiary/aromatic N) is 4. The molecule has 0 aliphatic carbocycles. The molecule has 2 heterocycles. The Morgan fingerprint density at radius 3 is 2.47 bits per heavy atom. The summed E-state index contributed by atoms with van der Waals surface area (Å²) in [6.45, 7) is 1.93. The van der Waals surface area contributed by atoms with Gasteiger partial charge in [0.05, 0.1) is 17.3 Å². The number of amides is 1. The second kappa shape index (κ2) is 10.4. The fraction of sp³-hybridized carbons (Fsp3) is 0.280. The number of hydrogen-bond donors (Lipinski definition) is 1. The second-order valence-corrected chi connectivity index (χ2v) is 7.73. The van der Waals surface area contributed by atoms with Gasteiger partial charge in [-0.3, -0.25) is 4.79 Å². The van der Waals surface area contributed by atoms with Gasteiger partial charge in [0.1, 0.15) is 5.75 Å². The Labute approximate surface area is 187 Å². The summed E-state index contributed by atoms with van der Waals surface area (Å²) in [6.07, 6.45) is 4.94. The first-order valence-corrected chi connectivity index (χ1v) is 10.8. The standard InChI is InChI=1S/C25H25N5O2/c26-17-19-8-10-22(11-9-19)32-18-25(31)27-21-7-5-6-20(16-21)23-12-13-24(29-28-23)30-14-3-1-2-4-15-30/h5-13,16H,1-4,14-15,18H2,(H,27,31). The van der Waals surface area contributed by atoms with Crippen LogP contribution in [0.25, 0.3) is 11.3 Å². The Morgan fingerprint density at radius 2 is 1.78 bits per heavy atom. The lowest BCUT2D eigenvalue weighted by Crippen LogP contribution is -2.25. The smallest absolute Gasteiger partial charge is 0.262 e. The summed E-state index contributed by atoms with van der Waals surface area (Å²) in [7, 11) is 0. The molecule has 162 valence electrons. The molecule has 1 amide bonds. The van der Waals surface area contributed by atoms with Crippen LogP contribution in [0, 0.1) is 11.3 Å². The Morgan fingerprint density at radius 1 is 1.00 bits per heavy atom. The molecule has 0 unspecified atom stereocenters. The van der Waals surface area contributed by atoms with E-state index in [1.54, 1.807) is 24.3 Å². The highest BCUT2D eigenvalue weighted by atomic mass is 16.5. The number of aromatic nitrogens is 2. The highest BCUT2D eigenvalue weighted by molar-refractivity contribution is 5.92. The van der Waals surface area contributed by atoms with E-state index in [2.05, 4.69) is 20.4 Å². The first-order valence-electron chi connectivity index (χ1n) is 10.8. The number of anilines is 2. The van der Waals surface area contributed by atoms with E-state index in [0.717, 1.165) is 30.2 Å². The Kier molecular flexibility index (Phi) is 6.93. The first kappa shape index (κ1) is 21.3. The molecular formula is C25H25N5O2. The summed E-state index contributed by atoms with van der Waals surface area (Å²) >= 11 is 0. The summed E-state index contributed by atoms with van der Waals surface area (Å²) in [5, 5.41) is 20.5. The van der Waals surface area contributed by atoms with E-state index in [4.69, 9.17) is 10.00 Å². The van der Waals surface area contributed by atoms with Gasteiger partial charge < -0.3 is 15.0 Å². The summed E-state index contributed by atoms with van der Waals surface area (Å²) in [5.74, 6) is 1.18. The molecule has 7 nitrogen and oxygen atoms in total. The first-order chi connectivity index (χ1) is 15.7. The van der Waals surface area contributed by atoms with Gasteiger partial charge in [0.2, 0.25) is 0 Å². The average Bonchev–Trinajstić information content (AvgIpc) is 3.13. The molecule has 1 aliphatic rings. The number of rotatable bonds is 6. The summed E-state index contributed by atoms with van der Waals surface area (Å²) < 4.78 is 5.49. The molecule has 0 atom stereocenters. The van der Waals surface area contributed by atoms with Crippen LogP contribution in [0.15, 0.2) is 60.7 Å².